The summed E-state index contributed by atoms with van der Waals surface area (Å²) < 4.78 is 0. The van der Waals surface area contributed by atoms with Crippen molar-refractivity contribution in [1.82, 2.24) is 0 Å². The van der Waals surface area contributed by atoms with Crippen molar-refractivity contribution < 1.29 is 11.4 Å². The molecule has 0 amide bonds. The van der Waals surface area contributed by atoms with Crippen molar-refractivity contribution >= 4 is 30.1 Å². The molecule has 2 saturated heterocycles. The minimum absolute atomic E-state index is 0.161. The molecule has 0 aromatic carbocycles. The third kappa shape index (κ3) is 20.5. The first-order valence-corrected chi connectivity index (χ1v) is 13.5. The van der Waals surface area contributed by atoms with Crippen molar-refractivity contribution in [2.45, 2.75) is 50.9 Å². The van der Waals surface area contributed by atoms with Gasteiger partial charge in [0.25, 0.3) is 0 Å². The van der Waals surface area contributed by atoms with Crippen LogP contribution in [0.2, 0.25) is 0 Å². The summed E-state index contributed by atoms with van der Waals surface area (Å²) in [6, 6.07) is 0. The van der Waals surface area contributed by atoms with E-state index in [1.165, 1.54) is 25.7 Å². The summed E-state index contributed by atoms with van der Waals surface area (Å²) >= 11 is -1.62. The molecule has 0 radical (unpaired) electrons. The van der Waals surface area contributed by atoms with E-state index in [1.807, 2.05) is 12.2 Å². The first kappa shape index (κ1) is 25.3. The van der Waals surface area contributed by atoms with Crippen molar-refractivity contribution in [3.63, 3.8) is 0 Å². The summed E-state index contributed by atoms with van der Waals surface area (Å²) in [5, 5.41) is 12.1. The average molecular weight is 452 g/mol. The zero-order valence-corrected chi connectivity index (χ0v) is 17.9. The fraction of sp³-hybridized carbons (Fsp3) is 0.733. The molecule has 0 aromatic rings. The van der Waals surface area contributed by atoms with E-state index in [1.54, 1.807) is 6.08 Å². The molecule has 25 heavy (non-hydrogen) atoms. The molecule has 3 aliphatic heterocycles. The van der Waals surface area contributed by atoms with Gasteiger partial charge in [-0.15, -0.1) is 13.1 Å². The van der Waals surface area contributed by atoms with Crippen LogP contribution < -0.4 is 17.2 Å². The Morgan fingerprint density at radius 2 is 1.40 bits per heavy atom. The third-order valence-corrected chi connectivity index (χ3v) is 3.33. The Morgan fingerprint density at radius 1 is 0.920 bits per heavy atom. The van der Waals surface area contributed by atoms with Gasteiger partial charge >= 0.3 is 41.5 Å². The Balaban J connectivity index is 0.000000314. The first-order valence-electron chi connectivity index (χ1n) is 8.29. The summed E-state index contributed by atoms with van der Waals surface area (Å²) in [6.45, 7) is 2.71. The Hall–Kier alpha value is 0.322. The van der Waals surface area contributed by atoms with Gasteiger partial charge in [-0.1, -0.05) is 74.9 Å². The molecule has 6 nitrogen and oxygen atoms in total. The van der Waals surface area contributed by atoms with Gasteiger partial charge in [0.15, 0.2) is 0 Å². The van der Waals surface area contributed by atoms with Crippen LogP contribution in [0.5, 0.6) is 0 Å². The molecule has 2 unspecified atom stereocenters. The number of hydrogen-bond donors (Lipinski definition) is 3. The van der Waals surface area contributed by atoms with Crippen LogP contribution in [0, 0.1) is 0 Å². The summed E-state index contributed by atoms with van der Waals surface area (Å²) in [4.78, 5) is 0. The average Bonchev–Trinajstić information content (AvgIpc) is 2.58. The van der Waals surface area contributed by atoms with Crippen LogP contribution in [0.4, 0.5) is 0 Å². The fourth-order valence-corrected chi connectivity index (χ4v) is 2.07. The third-order valence-electron chi connectivity index (χ3n) is 3.33. The molecule has 0 aromatic heterocycles. The van der Waals surface area contributed by atoms with Crippen LogP contribution in [-0.2, 0) is 11.4 Å². The maximum absolute atomic E-state index is 5.47. The minimum atomic E-state index is -1.62. The molecule has 2 atom stereocenters. The molecule has 6 N–H and O–H groups in total. The zero-order valence-electron chi connectivity index (χ0n) is 14.4. The van der Waals surface area contributed by atoms with Gasteiger partial charge in [0, 0.05) is 0 Å². The van der Waals surface area contributed by atoms with Gasteiger partial charge in [0.05, 0.1) is 0 Å². The topological polar surface area (TPSA) is 120 Å². The van der Waals surface area contributed by atoms with E-state index in [4.69, 9.17) is 47.3 Å². The van der Waals surface area contributed by atoms with Gasteiger partial charge in [-0.2, -0.15) is 0 Å². The van der Waals surface area contributed by atoms with E-state index in [0.717, 1.165) is 32.5 Å². The summed E-state index contributed by atoms with van der Waals surface area (Å²) in [6.07, 6.45) is 13.2. The molecule has 3 rings (SSSR count). The Labute approximate surface area is 168 Å². The van der Waals surface area contributed by atoms with E-state index >= 15 is 0 Å². The van der Waals surface area contributed by atoms with Crippen LogP contribution >= 0.6 is 30.1 Å². The molecule has 10 heteroatoms. The first-order chi connectivity index (χ1) is 11.9. The van der Waals surface area contributed by atoms with Gasteiger partial charge in [0.2, 0.25) is 0 Å². The summed E-state index contributed by atoms with van der Waals surface area (Å²) in [5.74, 6) is 0.627. The van der Waals surface area contributed by atoms with Gasteiger partial charge in [0.1, 0.15) is 0 Å². The molecule has 3 aliphatic rings. The molecule has 0 aliphatic carbocycles. The predicted octanol–water partition coefficient (Wildman–Crippen LogP) is 4.45. The number of nitrogens with two attached hydrogens (primary N) is 3. The van der Waals surface area contributed by atoms with E-state index in [9.17, 15) is 0 Å². The predicted molar refractivity (Wildman–Crippen MR) is 107 cm³/mol. The summed E-state index contributed by atoms with van der Waals surface area (Å²) in [7, 11) is 14.8. The number of nitrogens with zero attached hydrogens (tertiary/aromatic N) is 3. The van der Waals surface area contributed by atoms with Gasteiger partial charge in [-0.3, -0.25) is 0 Å². The van der Waals surface area contributed by atoms with Crippen molar-refractivity contribution in [3.05, 3.63) is 40.0 Å². The molecule has 0 bridgehead atoms. The van der Waals surface area contributed by atoms with Crippen LogP contribution in [0.1, 0.15) is 38.5 Å². The van der Waals surface area contributed by atoms with E-state index in [-0.39, 0.29) is 12.3 Å². The maximum atomic E-state index is 5.47. The molecular formula is C15H29Cl3CrN6-3. The second-order valence-corrected chi connectivity index (χ2v) is 11.8. The Morgan fingerprint density at radius 3 is 1.56 bits per heavy atom. The van der Waals surface area contributed by atoms with Crippen LogP contribution in [-0.4, -0.2) is 32.0 Å². The molecule has 0 saturated carbocycles. The number of allylic oxidation sites excluding steroid dienone is 2. The number of piperidine rings is 2. The molecule has 2 fully saturated rings. The van der Waals surface area contributed by atoms with Crippen LogP contribution in [0.15, 0.2) is 24.0 Å². The second kappa shape index (κ2) is 17.7. The Bertz CT molecular complexity index is 340. The van der Waals surface area contributed by atoms with Crippen molar-refractivity contribution in [3.8, 4) is 0 Å². The standard InChI is InChI=1S/2C5H11N2.C5H7N2.3ClH.Cr/c3*6-5-3-1-2-4-7-5;;;;/h2*5H,1-4,6H2;1-3H,4,6H2;3*1H;/q3*-1;;;;+3/p-3. The monoisotopic (exact) mass is 450 g/mol. The fourth-order valence-electron chi connectivity index (χ4n) is 2.07. The number of halogens is 3. The zero-order chi connectivity index (χ0) is 18.9. The van der Waals surface area contributed by atoms with Gasteiger partial charge in [-0.25, -0.2) is 0 Å². The van der Waals surface area contributed by atoms with Crippen LogP contribution in [0.3, 0.4) is 0 Å². The van der Waals surface area contributed by atoms with E-state index in [0.29, 0.717) is 5.82 Å². The van der Waals surface area contributed by atoms with Crippen molar-refractivity contribution in [1.29, 1.82) is 0 Å². The van der Waals surface area contributed by atoms with E-state index < -0.39 is 11.4 Å². The normalized spacial score (nSPS) is 25.0. The van der Waals surface area contributed by atoms with Crippen molar-refractivity contribution in [2.75, 3.05) is 19.6 Å². The van der Waals surface area contributed by atoms with Crippen molar-refractivity contribution in [2.24, 2.45) is 17.2 Å². The SMILES string of the molecule is NC1=CC=CC[N-]1.NC1CCCC[N-]1.NC1CCCC[N-]1.[Cl][Cr]([Cl])[Cl]. The summed E-state index contributed by atoms with van der Waals surface area (Å²) in [5.41, 5.74) is 16.2. The quantitative estimate of drug-likeness (QED) is 0.504. The molecule has 3 heterocycles. The Kier molecular flexibility index (Phi) is 18.0. The van der Waals surface area contributed by atoms with Gasteiger partial charge < -0.3 is 33.2 Å². The molecule has 149 valence electrons. The molecular weight excluding hydrogens is 423 g/mol. The van der Waals surface area contributed by atoms with Gasteiger partial charge in [-0.05, 0) is 6.54 Å². The molecule has 0 spiro atoms. The van der Waals surface area contributed by atoms with E-state index in [2.05, 4.69) is 16.0 Å². The van der Waals surface area contributed by atoms with Crippen LogP contribution in [0.25, 0.3) is 16.0 Å². The number of hydrogen-bond acceptors (Lipinski definition) is 3. The second-order valence-electron chi connectivity index (χ2n) is 5.47. The number of rotatable bonds is 0.